The molecule has 0 radical (unpaired) electrons. The first-order valence-corrected chi connectivity index (χ1v) is 6.50. The zero-order valence-electron chi connectivity index (χ0n) is 10.9. The zero-order valence-corrected chi connectivity index (χ0v) is 10.9. The standard InChI is InChI=1S/C14H17N3O2/c1-2-5-17-9-11(8-16-17)7-15-12-3-4-13-14(6-12)19-10-18-13/h3-4,6,8-9,15H,2,5,7,10H2,1H3. The third-order valence-corrected chi connectivity index (χ3v) is 3.01. The fourth-order valence-electron chi connectivity index (χ4n) is 2.06. The zero-order chi connectivity index (χ0) is 13.1. The molecule has 5 nitrogen and oxygen atoms in total. The molecule has 5 heteroatoms. The molecular formula is C14H17N3O2. The van der Waals surface area contributed by atoms with Gasteiger partial charge in [-0.25, -0.2) is 0 Å². The molecule has 100 valence electrons. The Labute approximate surface area is 112 Å². The summed E-state index contributed by atoms with van der Waals surface area (Å²) in [5, 5.41) is 7.67. The van der Waals surface area contributed by atoms with Gasteiger partial charge in [0.2, 0.25) is 6.79 Å². The monoisotopic (exact) mass is 259 g/mol. The number of fused-ring (bicyclic) bond motifs is 1. The van der Waals surface area contributed by atoms with Crippen molar-refractivity contribution in [3.63, 3.8) is 0 Å². The summed E-state index contributed by atoms with van der Waals surface area (Å²) >= 11 is 0. The average molecular weight is 259 g/mol. The van der Waals surface area contributed by atoms with Gasteiger partial charge in [-0.3, -0.25) is 4.68 Å². The van der Waals surface area contributed by atoms with Crippen molar-refractivity contribution < 1.29 is 9.47 Å². The Hall–Kier alpha value is -2.17. The van der Waals surface area contributed by atoms with Crippen LogP contribution in [0.15, 0.2) is 30.6 Å². The lowest BCUT2D eigenvalue weighted by Crippen LogP contribution is -1.99. The summed E-state index contributed by atoms with van der Waals surface area (Å²) in [6.07, 6.45) is 5.07. The number of rotatable bonds is 5. The smallest absolute Gasteiger partial charge is 0.231 e. The highest BCUT2D eigenvalue weighted by atomic mass is 16.7. The van der Waals surface area contributed by atoms with Crippen molar-refractivity contribution in [2.45, 2.75) is 26.4 Å². The number of nitrogens with zero attached hydrogens (tertiary/aromatic N) is 2. The van der Waals surface area contributed by atoms with Crippen molar-refractivity contribution in [1.29, 1.82) is 0 Å². The molecule has 0 saturated carbocycles. The van der Waals surface area contributed by atoms with E-state index >= 15 is 0 Å². The first-order chi connectivity index (χ1) is 9.35. The Bertz CT molecular complexity index is 566. The first-order valence-electron chi connectivity index (χ1n) is 6.50. The Morgan fingerprint density at radius 3 is 3.11 bits per heavy atom. The summed E-state index contributed by atoms with van der Waals surface area (Å²) < 4.78 is 12.6. The van der Waals surface area contributed by atoms with E-state index in [9.17, 15) is 0 Å². The first kappa shape index (κ1) is 11.9. The maximum atomic E-state index is 5.35. The molecule has 19 heavy (non-hydrogen) atoms. The Balaban J connectivity index is 1.62. The summed E-state index contributed by atoms with van der Waals surface area (Å²) in [4.78, 5) is 0. The predicted molar refractivity (Wildman–Crippen MR) is 72.4 cm³/mol. The Morgan fingerprint density at radius 1 is 1.32 bits per heavy atom. The third-order valence-electron chi connectivity index (χ3n) is 3.01. The quantitative estimate of drug-likeness (QED) is 0.896. The van der Waals surface area contributed by atoms with Gasteiger partial charge in [0, 0.05) is 36.6 Å². The summed E-state index contributed by atoms with van der Waals surface area (Å²) in [5.41, 5.74) is 2.19. The lowest BCUT2D eigenvalue weighted by molar-refractivity contribution is 0.174. The van der Waals surface area contributed by atoms with Crippen molar-refractivity contribution >= 4 is 5.69 Å². The lowest BCUT2D eigenvalue weighted by Gasteiger charge is -2.05. The summed E-state index contributed by atoms with van der Waals surface area (Å²) in [5.74, 6) is 1.60. The molecule has 1 aromatic carbocycles. The second-order valence-corrected chi connectivity index (χ2v) is 4.53. The molecule has 0 spiro atoms. The second-order valence-electron chi connectivity index (χ2n) is 4.53. The van der Waals surface area contributed by atoms with E-state index in [1.165, 1.54) is 5.56 Å². The molecular weight excluding hydrogens is 242 g/mol. The van der Waals surface area contributed by atoms with E-state index in [1.54, 1.807) is 0 Å². The molecule has 0 saturated heterocycles. The SMILES string of the molecule is CCCn1cc(CNc2ccc3c(c2)OCO3)cn1. The minimum Gasteiger partial charge on any atom is -0.454 e. The van der Waals surface area contributed by atoms with Gasteiger partial charge in [-0.2, -0.15) is 5.10 Å². The molecule has 0 fully saturated rings. The minimum absolute atomic E-state index is 0.308. The fourth-order valence-corrected chi connectivity index (χ4v) is 2.06. The summed E-state index contributed by atoms with van der Waals surface area (Å²) in [6.45, 7) is 4.17. The third kappa shape index (κ3) is 2.65. The van der Waals surface area contributed by atoms with Crippen molar-refractivity contribution in [1.82, 2.24) is 9.78 Å². The van der Waals surface area contributed by atoms with E-state index < -0.39 is 0 Å². The van der Waals surface area contributed by atoms with Gasteiger partial charge in [0.15, 0.2) is 11.5 Å². The number of hydrogen-bond donors (Lipinski definition) is 1. The topological polar surface area (TPSA) is 48.3 Å². The number of benzene rings is 1. The van der Waals surface area contributed by atoms with Crippen molar-refractivity contribution in [3.05, 3.63) is 36.2 Å². The molecule has 0 bridgehead atoms. The van der Waals surface area contributed by atoms with Crippen LogP contribution in [0.3, 0.4) is 0 Å². The van der Waals surface area contributed by atoms with Crippen LogP contribution in [0.25, 0.3) is 0 Å². The van der Waals surface area contributed by atoms with Gasteiger partial charge in [0.05, 0.1) is 6.20 Å². The second kappa shape index (κ2) is 5.22. The molecule has 0 aliphatic carbocycles. The number of aromatic nitrogens is 2. The van der Waals surface area contributed by atoms with Gasteiger partial charge >= 0.3 is 0 Å². The van der Waals surface area contributed by atoms with E-state index in [4.69, 9.17) is 9.47 Å². The molecule has 0 atom stereocenters. The van der Waals surface area contributed by atoms with Gasteiger partial charge in [0.25, 0.3) is 0 Å². The molecule has 1 N–H and O–H groups in total. The average Bonchev–Trinajstić information content (AvgIpc) is 3.04. The predicted octanol–water partition coefficient (Wildman–Crippen LogP) is 2.63. The van der Waals surface area contributed by atoms with Crippen LogP contribution in [-0.4, -0.2) is 16.6 Å². The molecule has 2 aromatic rings. The molecule has 1 aliphatic heterocycles. The highest BCUT2D eigenvalue weighted by Gasteiger charge is 2.12. The highest BCUT2D eigenvalue weighted by molar-refractivity contribution is 5.55. The van der Waals surface area contributed by atoms with Crippen LogP contribution in [0.4, 0.5) is 5.69 Å². The molecule has 1 aliphatic rings. The van der Waals surface area contributed by atoms with E-state index in [-0.39, 0.29) is 0 Å². The van der Waals surface area contributed by atoms with Crippen LogP contribution in [0.2, 0.25) is 0 Å². The van der Waals surface area contributed by atoms with Gasteiger partial charge in [-0.1, -0.05) is 6.92 Å². The minimum atomic E-state index is 0.308. The molecule has 0 amide bonds. The van der Waals surface area contributed by atoms with Crippen LogP contribution in [0.5, 0.6) is 11.5 Å². The van der Waals surface area contributed by atoms with Gasteiger partial charge < -0.3 is 14.8 Å². The van der Waals surface area contributed by atoms with E-state index in [0.29, 0.717) is 6.79 Å². The number of aryl methyl sites for hydroxylation is 1. The molecule has 1 aromatic heterocycles. The van der Waals surface area contributed by atoms with Crippen LogP contribution < -0.4 is 14.8 Å². The maximum Gasteiger partial charge on any atom is 0.231 e. The number of ether oxygens (including phenoxy) is 2. The summed E-state index contributed by atoms with van der Waals surface area (Å²) in [6, 6.07) is 5.87. The van der Waals surface area contributed by atoms with E-state index in [1.807, 2.05) is 29.1 Å². The van der Waals surface area contributed by atoms with Gasteiger partial charge in [-0.15, -0.1) is 0 Å². The van der Waals surface area contributed by atoms with Gasteiger partial charge in [-0.05, 0) is 18.6 Å². The van der Waals surface area contributed by atoms with Crippen LogP contribution in [0.1, 0.15) is 18.9 Å². The van der Waals surface area contributed by atoms with Crippen LogP contribution >= 0.6 is 0 Å². The largest absolute Gasteiger partial charge is 0.454 e. The van der Waals surface area contributed by atoms with Crippen molar-refractivity contribution in [2.24, 2.45) is 0 Å². The fraction of sp³-hybridized carbons (Fsp3) is 0.357. The van der Waals surface area contributed by atoms with Crippen molar-refractivity contribution in [2.75, 3.05) is 12.1 Å². The normalized spacial score (nSPS) is 12.7. The molecule has 2 heterocycles. The van der Waals surface area contributed by atoms with Crippen molar-refractivity contribution in [3.8, 4) is 11.5 Å². The Kier molecular flexibility index (Phi) is 3.27. The highest BCUT2D eigenvalue weighted by Crippen LogP contribution is 2.34. The number of nitrogens with one attached hydrogen (secondary N) is 1. The van der Waals surface area contributed by atoms with E-state index in [0.717, 1.165) is 36.7 Å². The number of hydrogen-bond acceptors (Lipinski definition) is 4. The summed E-state index contributed by atoms with van der Waals surface area (Å²) in [7, 11) is 0. The lowest BCUT2D eigenvalue weighted by atomic mass is 10.2. The van der Waals surface area contributed by atoms with Crippen LogP contribution in [0, 0.1) is 0 Å². The molecule has 0 unspecified atom stereocenters. The Morgan fingerprint density at radius 2 is 2.21 bits per heavy atom. The van der Waals surface area contributed by atoms with Crippen LogP contribution in [-0.2, 0) is 13.1 Å². The van der Waals surface area contributed by atoms with Gasteiger partial charge in [0.1, 0.15) is 0 Å². The van der Waals surface area contributed by atoms with E-state index in [2.05, 4.69) is 23.5 Å². The number of anilines is 1. The molecule has 3 rings (SSSR count). The maximum absolute atomic E-state index is 5.35.